The van der Waals surface area contributed by atoms with Crippen LogP contribution in [0.4, 0.5) is 21.8 Å². The van der Waals surface area contributed by atoms with Gasteiger partial charge in [-0.05, 0) is 136 Å². The van der Waals surface area contributed by atoms with E-state index < -0.39 is 6.10 Å². The van der Waals surface area contributed by atoms with Gasteiger partial charge in [-0.15, -0.1) is 0 Å². The summed E-state index contributed by atoms with van der Waals surface area (Å²) in [7, 11) is 1.81. The van der Waals surface area contributed by atoms with Crippen molar-refractivity contribution in [3.63, 3.8) is 0 Å². The van der Waals surface area contributed by atoms with E-state index in [4.69, 9.17) is 15.4 Å². The van der Waals surface area contributed by atoms with E-state index >= 15 is 4.39 Å². The van der Waals surface area contributed by atoms with Gasteiger partial charge in [-0.25, -0.2) is 13.7 Å². The third-order valence-corrected chi connectivity index (χ3v) is 13.9. The number of benzene rings is 2. The number of hydrogen-bond donors (Lipinski definition) is 4. The Morgan fingerprint density at radius 3 is 2.49 bits per heavy atom. The second kappa shape index (κ2) is 19.3. The predicted octanol–water partition coefficient (Wildman–Crippen LogP) is 6.31. The Bertz CT molecular complexity index is 1970. The summed E-state index contributed by atoms with van der Waals surface area (Å²) in [6, 6.07) is 11.5. The Labute approximate surface area is 351 Å². The lowest BCUT2D eigenvalue weighted by Crippen LogP contribution is -2.41. The minimum Gasteiger partial charge on any atom is -0.393 e. The van der Waals surface area contributed by atoms with Gasteiger partial charge < -0.3 is 20.5 Å². The van der Waals surface area contributed by atoms with E-state index in [0.717, 1.165) is 120 Å². The molecule has 1 aromatic heterocycles. The number of carbonyl (C=O) groups excluding carboxylic acids is 3. The highest BCUT2D eigenvalue weighted by atomic mass is 32.2. The molecule has 3 aromatic rings. The van der Waals surface area contributed by atoms with Crippen molar-refractivity contribution in [3.8, 4) is 0 Å². The zero-order chi connectivity index (χ0) is 41.5. The maximum atomic E-state index is 15.2. The van der Waals surface area contributed by atoms with Crippen LogP contribution in [0.15, 0.2) is 47.5 Å². The number of likely N-dealkylation sites (tertiary alicyclic amines) is 1. The molecule has 1 unspecified atom stereocenters. The van der Waals surface area contributed by atoms with E-state index in [1.165, 1.54) is 22.4 Å². The first kappa shape index (κ1) is 42.7. The molecule has 4 aliphatic rings. The van der Waals surface area contributed by atoms with Crippen molar-refractivity contribution in [1.82, 2.24) is 24.1 Å². The maximum Gasteiger partial charge on any atom is 0.224 e. The Hall–Kier alpha value is -4.44. The number of amidine groups is 1. The van der Waals surface area contributed by atoms with Gasteiger partial charge in [0.1, 0.15) is 23.8 Å². The Kier molecular flexibility index (Phi) is 14.0. The van der Waals surface area contributed by atoms with Crippen LogP contribution in [-0.2, 0) is 26.3 Å². The molecule has 2 aliphatic carbocycles. The molecule has 316 valence electrons. The first-order valence-electron chi connectivity index (χ1n) is 21.2. The van der Waals surface area contributed by atoms with Crippen molar-refractivity contribution in [1.29, 1.82) is 5.41 Å². The van der Waals surface area contributed by atoms with Gasteiger partial charge in [0.2, 0.25) is 18.8 Å². The summed E-state index contributed by atoms with van der Waals surface area (Å²) < 4.78 is 17.4. The number of amides is 2. The van der Waals surface area contributed by atoms with E-state index in [-0.39, 0.29) is 42.1 Å². The molecule has 3 heterocycles. The molecule has 0 bridgehead atoms. The molecule has 2 aromatic carbocycles. The number of aldehydes is 1. The standard InChI is InChI=1S/C44H58FN9O4S/c1-44(15-16-44)37-26-48-43(50-42(37)54(29-57)34-5-3-6-35(58)25-34)49-33-13-20-53(21-14-33)59-40-23-30(7-10-38(40)45)27-51-18-11-31(12-19-51)32-8-9-36(39(24-32)47-2)41(46)52(28-56)17-4-22-55/h7-10,22-24,26,28-29,31,33-35,46-47,58H,3-6,11-21,25,27H2,1-2H3,(H,48,49,50)/t34?,35-/m1/s1. The molecule has 2 saturated carbocycles. The predicted molar refractivity (Wildman–Crippen MR) is 229 cm³/mol. The number of rotatable bonds is 17. The van der Waals surface area contributed by atoms with Gasteiger partial charge in [0.25, 0.3) is 0 Å². The van der Waals surface area contributed by atoms with Gasteiger partial charge in [0, 0.05) is 74.7 Å². The number of aliphatic hydroxyl groups is 1. The minimum atomic E-state index is -0.405. The second-order valence-electron chi connectivity index (χ2n) is 16.9. The highest BCUT2D eigenvalue weighted by Crippen LogP contribution is 2.50. The van der Waals surface area contributed by atoms with Crippen LogP contribution in [0.1, 0.15) is 106 Å². The van der Waals surface area contributed by atoms with Gasteiger partial charge in [-0.1, -0.05) is 19.1 Å². The number of aliphatic hydroxyl groups excluding tert-OH is 1. The average Bonchev–Trinajstić information content (AvgIpc) is 4.01. The number of nitrogens with one attached hydrogen (secondary N) is 3. The van der Waals surface area contributed by atoms with Crippen molar-refractivity contribution < 1.29 is 23.9 Å². The number of nitrogens with zero attached hydrogens (tertiary/aromatic N) is 6. The van der Waals surface area contributed by atoms with Gasteiger partial charge >= 0.3 is 0 Å². The number of aromatic nitrogens is 2. The molecule has 2 aliphatic heterocycles. The molecular weight excluding hydrogens is 770 g/mol. The van der Waals surface area contributed by atoms with E-state index in [0.29, 0.717) is 41.0 Å². The van der Waals surface area contributed by atoms with Crippen LogP contribution in [-0.4, -0.2) is 112 Å². The van der Waals surface area contributed by atoms with E-state index in [1.807, 2.05) is 30.5 Å². The normalized spacial score (nSPS) is 21.4. The number of halogens is 1. The molecule has 59 heavy (non-hydrogen) atoms. The van der Waals surface area contributed by atoms with Crippen LogP contribution >= 0.6 is 11.9 Å². The van der Waals surface area contributed by atoms with Crippen molar-refractivity contribution in [2.45, 2.75) is 119 Å². The molecule has 15 heteroatoms. The first-order valence-corrected chi connectivity index (χ1v) is 21.9. The highest BCUT2D eigenvalue weighted by Gasteiger charge is 2.43. The number of piperidine rings is 2. The van der Waals surface area contributed by atoms with Crippen molar-refractivity contribution in [2.24, 2.45) is 0 Å². The molecule has 13 nitrogen and oxygen atoms in total. The van der Waals surface area contributed by atoms with E-state index in [2.05, 4.69) is 32.8 Å². The molecule has 2 amide bonds. The summed E-state index contributed by atoms with van der Waals surface area (Å²) in [6.07, 6.45) is 12.6. The van der Waals surface area contributed by atoms with Crippen LogP contribution in [0.3, 0.4) is 0 Å². The van der Waals surface area contributed by atoms with Gasteiger partial charge in [-0.3, -0.25) is 29.7 Å². The monoisotopic (exact) mass is 827 g/mol. The lowest BCUT2D eigenvalue weighted by atomic mass is 9.88. The molecule has 2 saturated heterocycles. The average molecular weight is 828 g/mol. The summed E-state index contributed by atoms with van der Waals surface area (Å²) in [5, 5.41) is 25.6. The third-order valence-electron chi connectivity index (χ3n) is 12.7. The zero-order valence-corrected chi connectivity index (χ0v) is 35.1. The van der Waals surface area contributed by atoms with Gasteiger partial charge in [0.15, 0.2) is 0 Å². The molecule has 4 fully saturated rings. The van der Waals surface area contributed by atoms with Crippen LogP contribution < -0.4 is 15.5 Å². The number of hydrogen-bond acceptors (Lipinski definition) is 12. The SMILES string of the molecule is CNc1cc(C2CCN(Cc3ccc(F)c(SN4CCC(Nc5ncc(C6(C)CC6)c(N(C=O)C6CCC[C@@H](O)C6)n5)CC4)c3)CC2)ccc1C(=N)N(C=O)CCC=O. The minimum absolute atomic E-state index is 0.0310. The fourth-order valence-corrected chi connectivity index (χ4v) is 9.86. The Morgan fingerprint density at radius 1 is 1.03 bits per heavy atom. The Balaban J connectivity index is 0.910. The molecule has 0 spiro atoms. The van der Waals surface area contributed by atoms with E-state index in [9.17, 15) is 19.5 Å². The zero-order valence-electron chi connectivity index (χ0n) is 34.2. The number of carbonyl (C=O) groups is 3. The van der Waals surface area contributed by atoms with Crippen LogP contribution in [0.25, 0.3) is 0 Å². The fourth-order valence-electron chi connectivity index (χ4n) is 8.83. The highest BCUT2D eigenvalue weighted by molar-refractivity contribution is 7.97. The summed E-state index contributed by atoms with van der Waals surface area (Å²) >= 11 is 1.48. The smallest absolute Gasteiger partial charge is 0.224 e. The molecular formula is C44H58FN9O4S. The largest absolute Gasteiger partial charge is 0.393 e. The van der Waals surface area contributed by atoms with Crippen molar-refractivity contribution >= 4 is 54.3 Å². The topological polar surface area (TPSA) is 158 Å². The van der Waals surface area contributed by atoms with E-state index in [1.54, 1.807) is 18.0 Å². The van der Waals surface area contributed by atoms with Crippen molar-refractivity contribution in [2.75, 3.05) is 55.3 Å². The quantitative estimate of drug-likeness (QED) is 0.0523. The molecule has 2 atom stereocenters. The maximum absolute atomic E-state index is 15.2. The number of anilines is 3. The Morgan fingerprint density at radius 2 is 1.81 bits per heavy atom. The van der Waals surface area contributed by atoms with Crippen molar-refractivity contribution in [3.05, 3.63) is 70.7 Å². The summed E-state index contributed by atoms with van der Waals surface area (Å²) in [5.41, 5.74) is 4.64. The summed E-state index contributed by atoms with van der Waals surface area (Å²) in [6.45, 7) is 6.48. The molecule has 7 rings (SSSR count). The third kappa shape index (κ3) is 10.3. The fraction of sp³-hybridized carbons (Fsp3) is 0.545. The second-order valence-corrected chi connectivity index (χ2v) is 18.0. The van der Waals surface area contributed by atoms with Crippen LogP contribution in [0, 0.1) is 11.2 Å². The van der Waals surface area contributed by atoms with Crippen LogP contribution in [0.5, 0.6) is 0 Å². The summed E-state index contributed by atoms with van der Waals surface area (Å²) in [5.74, 6) is 1.38. The van der Waals surface area contributed by atoms with Crippen LogP contribution in [0.2, 0.25) is 0 Å². The molecule has 0 radical (unpaired) electrons. The van der Waals surface area contributed by atoms with Gasteiger partial charge in [0.05, 0.1) is 11.0 Å². The summed E-state index contributed by atoms with van der Waals surface area (Å²) in [4.78, 5) is 50.6. The lowest BCUT2D eigenvalue weighted by Gasteiger charge is -2.35. The lowest BCUT2D eigenvalue weighted by molar-refractivity contribution is -0.115. The van der Waals surface area contributed by atoms with Gasteiger partial charge in [-0.2, -0.15) is 4.98 Å². The molecule has 4 N–H and O–H groups in total. The first-order chi connectivity index (χ1) is 28.6.